The van der Waals surface area contributed by atoms with Gasteiger partial charge in [-0.05, 0) is 43.1 Å². The maximum absolute atomic E-state index is 5.55. The van der Waals surface area contributed by atoms with Crippen molar-refractivity contribution in [2.45, 2.75) is 64.1 Å². The van der Waals surface area contributed by atoms with E-state index in [2.05, 4.69) is 31.2 Å². The lowest BCUT2D eigenvalue weighted by Crippen LogP contribution is -2.13. The molecule has 2 fully saturated rings. The van der Waals surface area contributed by atoms with E-state index in [1.807, 2.05) is 0 Å². The Morgan fingerprint density at radius 2 is 1.52 bits per heavy atom. The third-order valence-corrected chi connectivity index (χ3v) is 5.11. The molecule has 0 aromatic heterocycles. The van der Waals surface area contributed by atoms with Crippen molar-refractivity contribution in [3.8, 4) is 0 Å². The minimum atomic E-state index is -0.135. The third kappa shape index (κ3) is 3.87. The molecule has 0 N–H and O–H groups in total. The average Bonchev–Trinajstić information content (AvgIpc) is 3.08. The molecule has 2 nitrogen and oxygen atoms in total. The molecule has 0 spiro atoms. The monoisotopic (exact) mass is 288 g/mol. The molecule has 21 heavy (non-hydrogen) atoms. The first-order chi connectivity index (χ1) is 10.4. The van der Waals surface area contributed by atoms with Gasteiger partial charge in [-0.15, -0.1) is 0 Å². The molecule has 2 aliphatic rings. The highest BCUT2D eigenvalue weighted by atomic mass is 16.7. The summed E-state index contributed by atoms with van der Waals surface area (Å²) in [6.45, 7) is 3.73. The van der Waals surface area contributed by atoms with Gasteiger partial charge in [-0.2, -0.15) is 0 Å². The average molecular weight is 288 g/mol. The smallest absolute Gasteiger partial charge is 0.184 e. The first kappa shape index (κ1) is 15.1. The summed E-state index contributed by atoms with van der Waals surface area (Å²) in [6.07, 6.45) is 9.62. The van der Waals surface area contributed by atoms with Gasteiger partial charge in [0.15, 0.2) is 6.29 Å². The minimum Gasteiger partial charge on any atom is -0.346 e. The number of unbranched alkanes of at least 4 members (excludes halogenated alkanes) is 1. The zero-order valence-electron chi connectivity index (χ0n) is 13.2. The lowest BCUT2D eigenvalue weighted by molar-refractivity contribution is -0.0441. The minimum absolute atomic E-state index is 0.135. The predicted molar refractivity (Wildman–Crippen MR) is 85.3 cm³/mol. The molecule has 1 aliphatic carbocycles. The van der Waals surface area contributed by atoms with Crippen LogP contribution in [0.3, 0.4) is 0 Å². The van der Waals surface area contributed by atoms with Gasteiger partial charge in [-0.1, -0.05) is 50.5 Å². The van der Waals surface area contributed by atoms with E-state index in [4.69, 9.17) is 9.47 Å². The van der Waals surface area contributed by atoms with Crippen LogP contribution in [0.25, 0.3) is 0 Å². The molecular weight excluding hydrogens is 260 g/mol. The molecule has 0 atom stereocenters. The van der Waals surface area contributed by atoms with Crippen molar-refractivity contribution < 1.29 is 9.47 Å². The molecule has 0 amide bonds. The fourth-order valence-corrected chi connectivity index (χ4v) is 3.75. The molecule has 1 saturated heterocycles. The second-order valence-electron chi connectivity index (χ2n) is 6.60. The zero-order chi connectivity index (χ0) is 14.5. The fourth-order valence-electron chi connectivity index (χ4n) is 3.75. The van der Waals surface area contributed by atoms with Crippen LogP contribution in [0, 0.1) is 5.92 Å². The van der Waals surface area contributed by atoms with Crippen LogP contribution in [-0.2, 0) is 9.47 Å². The van der Waals surface area contributed by atoms with Crippen LogP contribution in [0.2, 0.25) is 0 Å². The Bertz CT molecular complexity index is 412. The van der Waals surface area contributed by atoms with E-state index in [9.17, 15) is 0 Å². The number of ether oxygens (including phenoxy) is 2. The molecular formula is C19H28O2. The molecule has 0 radical (unpaired) electrons. The van der Waals surface area contributed by atoms with Crippen LogP contribution in [0.5, 0.6) is 0 Å². The molecule has 1 saturated carbocycles. The largest absolute Gasteiger partial charge is 0.346 e. The Kier molecular flexibility index (Phi) is 5.32. The summed E-state index contributed by atoms with van der Waals surface area (Å²) < 4.78 is 11.1. The number of rotatable bonds is 5. The second kappa shape index (κ2) is 7.42. The van der Waals surface area contributed by atoms with Crippen molar-refractivity contribution >= 4 is 0 Å². The molecule has 2 heteroatoms. The van der Waals surface area contributed by atoms with Crippen molar-refractivity contribution in [1.29, 1.82) is 0 Å². The van der Waals surface area contributed by atoms with Gasteiger partial charge in [-0.3, -0.25) is 0 Å². The van der Waals surface area contributed by atoms with Gasteiger partial charge in [-0.25, -0.2) is 0 Å². The summed E-state index contributed by atoms with van der Waals surface area (Å²) in [5, 5.41) is 0. The van der Waals surface area contributed by atoms with Crippen LogP contribution in [0.15, 0.2) is 24.3 Å². The van der Waals surface area contributed by atoms with Gasteiger partial charge in [0.2, 0.25) is 0 Å². The van der Waals surface area contributed by atoms with E-state index >= 15 is 0 Å². The topological polar surface area (TPSA) is 18.5 Å². The van der Waals surface area contributed by atoms with Gasteiger partial charge in [0.25, 0.3) is 0 Å². The lowest BCUT2D eigenvalue weighted by Gasteiger charge is -2.29. The summed E-state index contributed by atoms with van der Waals surface area (Å²) in [4.78, 5) is 0. The van der Waals surface area contributed by atoms with Gasteiger partial charge < -0.3 is 9.47 Å². The van der Waals surface area contributed by atoms with Gasteiger partial charge in [0, 0.05) is 5.56 Å². The Hall–Kier alpha value is -0.860. The van der Waals surface area contributed by atoms with Crippen LogP contribution in [-0.4, -0.2) is 13.2 Å². The van der Waals surface area contributed by atoms with E-state index in [1.54, 1.807) is 0 Å². The Morgan fingerprint density at radius 1 is 0.905 bits per heavy atom. The summed E-state index contributed by atoms with van der Waals surface area (Å²) in [7, 11) is 0. The van der Waals surface area contributed by atoms with E-state index in [0.29, 0.717) is 13.2 Å². The fraction of sp³-hybridized carbons (Fsp3) is 0.684. The van der Waals surface area contributed by atoms with Crippen molar-refractivity contribution in [3.05, 3.63) is 35.4 Å². The zero-order valence-corrected chi connectivity index (χ0v) is 13.2. The SMILES string of the molecule is CCCCC1CCC(c2ccc(C3OCCO3)cc2)CC1. The van der Waals surface area contributed by atoms with E-state index in [0.717, 1.165) is 17.4 Å². The van der Waals surface area contributed by atoms with Crippen molar-refractivity contribution in [3.63, 3.8) is 0 Å². The van der Waals surface area contributed by atoms with Crippen LogP contribution < -0.4 is 0 Å². The second-order valence-corrected chi connectivity index (χ2v) is 6.60. The molecule has 1 heterocycles. The summed E-state index contributed by atoms with van der Waals surface area (Å²) in [6, 6.07) is 8.96. The van der Waals surface area contributed by atoms with E-state index in [-0.39, 0.29) is 6.29 Å². The Balaban J connectivity index is 1.53. The van der Waals surface area contributed by atoms with Crippen molar-refractivity contribution in [1.82, 2.24) is 0 Å². The van der Waals surface area contributed by atoms with Crippen molar-refractivity contribution in [2.75, 3.05) is 13.2 Å². The normalized spacial score (nSPS) is 27.1. The van der Waals surface area contributed by atoms with Gasteiger partial charge in [0.05, 0.1) is 13.2 Å². The first-order valence-electron chi connectivity index (χ1n) is 8.70. The van der Waals surface area contributed by atoms with E-state index < -0.39 is 0 Å². The maximum Gasteiger partial charge on any atom is 0.184 e. The summed E-state index contributed by atoms with van der Waals surface area (Å²) in [5.74, 6) is 1.75. The predicted octanol–water partition coefficient (Wildman–Crippen LogP) is 5.20. The highest BCUT2D eigenvalue weighted by Crippen LogP contribution is 2.38. The summed E-state index contributed by atoms with van der Waals surface area (Å²) >= 11 is 0. The number of benzene rings is 1. The van der Waals surface area contributed by atoms with Crippen LogP contribution in [0.1, 0.15) is 75.2 Å². The quantitative estimate of drug-likeness (QED) is 0.741. The summed E-state index contributed by atoms with van der Waals surface area (Å²) in [5.41, 5.74) is 2.67. The first-order valence-corrected chi connectivity index (χ1v) is 8.70. The molecule has 1 aliphatic heterocycles. The number of hydrogen-bond donors (Lipinski definition) is 0. The van der Waals surface area contributed by atoms with Crippen LogP contribution >= 0.6 is 0 Å². The van der Waals surface area contributed by atoms with Gasteiger partial charge >= 0.3 is 0 Å². The molecule has 3 rings (SSSR count). The third-order valence-electron chi connectivity index (χ3n) is 5.11. The molecule has 1 aromatic rings. The van der Waals surface area contributed by atoms with Crippen molar-refractivity contribution in [2.24, 2.45) is 5.92 Å². The molecule has 116 valence electrons. The van der Waals surface area contributed by atoms with Crippen LogP contribution in [0.4, 0.5) is 0 Å². The van der Waals surface area contributed by atoms with Gasteiger partial charge in [0.1, 0.15) is 0 Å². The Morgan fingerprint density at radius 3 is 2.14 bits per heavy atom. The molecule has 0 unspecified atom stereocenters. The molecule has 0 bridgehead atoms. The maximum atomic E-state index is 5.55. The van der Waals surface area contributed by atoms with E-state index in [1.165, 1.54) is 50.5 Å². The standard InChI is InChI=1S/C19H28O2/c1-2-3-4-15-5-7-16(8-6-15)17-9-11-18(12-10-17)19-20-13-14-21-19/h9-12,15-16,19H,2-8,13-14H2,1H3. The highest BCUT2D eigenvalue weighted by Gasteiger charge is 2.23. The lowest BCUT2D eigenvalue weighted by atomic mass is 9.77. The number of hydrogen-bond acceptors (Lipinski definition) is 2. The Labute approximate surface area is 128 Å². The highest BCUT2D eigenvalue weighted by molar-refractivity contribution is 5.26. The molecule has 1 aromatic carbocycles.